The topological polar surface area (TPSA) is 193 Å². The van der Waals surface area contributed by atoms with Crippen LogP contribution in [0.3, 0.4) is 0 Å². The van der Waals surface area contributed by atoms with Gasteiger partial charge in [0, 0.05) is 11.3 Å². The molecule has 0 radical (unpaired) electrons. The Hall–Kier alpha value is -4.11. The van der Waals surface area contributed by atoms with Gasteiger partial charge < -0.3 is 24.8 Å². The van der Waals surface area contributed by atoms with Gasteiger partial charge >= 0.3 is 18.5 Å². The second kappa shape index (κ2) is 9.74. The van der Waals surface area contributed by atoms with Gasteiger partial charge in [0.15, 0.2) is 5.69 Å². The van der Waals surface area contributed by atoms with Crippen molar-refractivity contribution in [1.29, 1.82) is 5.41 Å². The number of non-ortho nitro benzene ring substituents is 1. The van der Waals surface area contributed by atoms with E-state index < -0.39 is 55.8 Å². The van der Waals surface area contributed by atoms with Gasteiger partial charge in [-0.25, -0.2) is 0 Å². The van der Waals surface area contributed by atoms with Gasteiger partial charge in [0.05, 0.1) is 49.8 Å². The number of nitro groups is 3. The first-order valence-corrected chi connectivity index (χ1v) is 11.2. The van der Waals surface area contributed by atoms with Crippen LogP contribution in [-0.2, 0) is 9.31 Å². The van der Waals surface area contributed by atoms with Gasteiger partial charge in [0.2, 0.25) is 0 Å². The fourth-order valence-electron chi connectivity index (χ4n) is 3.54. The van der Waals surface area contributed by atoms with Crippen LogP contribution in [0.2, 0.25) is 0 Å². The Morgan fingerprint density at radius 3 is 1.89 bits per heavy atom. The van der Waals surface area contributed by atoms with E-state index in [2.05, 4.69) is 5.32 Å². The van der Waals surface area contributed by atoms with Gasteiger partial charge in [-0.05, 0) is 59.7 Å². The fourth-order valence-corrected chi connectivity index (χ4v) is 3.54. The largest absolute Gasteiger partial charge is 0.514 e. The molecule has 1 aliphatic heterocycles. The van der Waals surface area contributed by atoms with E-state index in [9.17, 15) is 30.3 Å². The molecule has 0 aromatic heterocycles. The summed E-state index contributed by atoms with van der Waals surface area (Å²) in [5, 5.41) is 46.1. The minimum absolute atomic E-state index is 0.0656. The molecule has 0 unspecified atom stereocenters. The minimum Gasteiger partial charge on any atom is -0.491 e. The van der Waals surface area contributed by atoms with Crippen molar-refractivity contribution in [3.8, 4) is 5.75 Å². The summed E-state index contributed by atoms with van der Waals surface area (Å²) in [6.45, 7) is 10.8. The van der Waals surface area contributed by atoms with Crippen molar-refractivity contribution < 1.29 is 28.8 Å². The van der Waals surface area contributed by atoms with E-state index in [1.807, 2.05) is 0 Å². The molecule has 37 heavy (non-hydrogen) atoms. The Morgan fingerprint density at radius 2 is 1.46 bits per heavy atom. The average Bonchev–Trinajstić information content (AvgIpc) is 3.00. The summed E-state index contributed by atoms with van der Waals surface area (Å²) >= 11 is 0. The van der Waals surface area contributed by atoms with Crippen LogP contribution < -0.4 is 10.1 Å². The van der Waals surface area contributed by atoms with Crippen molar-refractivity contribution in [2.45, 2.75) is 58.8 Å². The van der Waals surface area contributed by atoms with E-state index in [1.54, 1.807) is 41.5 Å². The lowest BCUT2D eigenvalue weighted by Gasteiger charge is -2.32. The number of hydrogen-bond acceptors (Lipinski definition) is 11. The van der Waals surface area contributed by atoms with E-state index in [-0.39, 0.29) is 23.0 Å². The molecule has 196 valence electrons. The van der Waals surface area contributed by atoms with Gasteiger partial charge in [-0.15, -0.1) is 0 Å². The van der Waals surface area contributed by atoms with Crippen LogP contribution in [-0.4, -0.2) is 44.8 Å². The molecule has 0 atom stereocenters. The maximum atomic E-state index is 11.7. The zero-order chi connectivity index (χ0) is 27.9. The minimum atomic E-state index is -1.12. The number of nitro benzene ring substituents is 3. The maximum absolute atomic E-state index is 11.7. The third-order valence-corrected chi connectivity index (χ3v) is 6.09. The molecule has 14 nitrogen and oxygen atoms in total. The van der Waals surface area contributed by atoms with Crippen LogP contribution in [0.15, 0.2) is 30.3 Å². The van der Waals surface area contributed by atoms with E-state index in [0.29, 0.717) is 17.9 Å². The number of anilines is 2. The van der Waals surface area contributed by atoms with Gasteiger partial charge in [-0.1, -0.05) is 0 Å². The molecular formula is C22H26BN5O9. The summed E-state index contributed by atoms with van der Waals surface area (Å²) in [7, 11) is -1.12. The lowest BCUT2D eigenvalue weighted by Crippen LogP contribution is -2.41. The lowest BCUT2D eigenvalue weighted by atomic mass is 9.77. The summed E-state index contributed by atoms with van der Waals surface area (Å²) in [5.74, 6) is 0.365. The highest BCUT2D eigenvalue weighted by Gasteiger charge is 2.53. The third-order valence-electron chi connectivity index (χ3n) is 6.09. The summed E-state index contributed by atoms with van der Waals surface area (Å²) in [4.78, 5) is 31.8. The number of benzene rings is 2. The van der Waals surface area contributed by atoms with Crippen molar-refractivity contribution >= 4 is 41.2 Å². The molecule has 2 N–H and O–H groups in total. The molecule has 0 spiro atoms. The monoisotopic (exact) mass is 515 g/mol. The van der Waals surface area contributed by atoms with E-state index in [0.717, 1.165) is 0 Å². The molecular weight excluding hydrogens is 489 g/mol. The number of nitrogens with one attached hydrogen (secondary N) is 2. The highest BCUT2D eigenvalue weighted by molar-refractivity contribution is 6.85. The fraction of sp³-hybridized carbons (Fsp3) is 0.409. The van der Waals surface area contributed by atoms with Gasteiger partial charge in [-0.2, -0.15) is 0 Å². The highest BCUT2D eigenvalue weighted by Crippen LogP contribution is 2.42. The van der Waals surface area contributed by atoms with Gasteiger partial charge in [-0.3, -0.25) is 30.3 Å². The smallest absolute Gasteiger partial charge is 0.491 e. The molecule has 0 bridgehead atoms. The average molecular weight is 515 g/mol. The van der Waals surface area contributed by atoms with Gasteiger partial charge in [0.25, 0.3) is 5.69 Å². The molecule has 15 heteroatoms. The second-order valence-electron chi connectivity index (χ2n) is 9.63. The van der Waals surface area contributed by atoms with Crippen molar-refractivity contribution in [1.82, 2.24) is 0 Å². The SMILES string of the molecule is CC(C)Oc1ccc(Nc2c([N+](=O)[O-])cc([N+](=O)[O-])cc2[N+](=O)[O-])c(C(=N)B2OC(C)(C)C(C)(C)O2)c1. The number of hydrogen-bond donors (Lipinski definition) is 2. The maximum Gasteiger partial charge on any atom is 0.514 e. The standard InChI is InChI=1S/C22H26BN5O9/c1-12(2)35-14-7-8-16(15(11-14)20(24)23-36-21(3,4)22(5,6)37-23)25-19-17(27(31)32)9-13(26(29)30)10-18(19)28(33)34/h7-12,24-25H,1-6H3. The van der Waals surface area contributed by atoms with Crippen molar-refractivity contribution in [3.63, 3.8) is 0 Å². The molecule has 0 amide bonds. The Balaban J connectivity index is 2.17. The third kappa shape index (κ3) is 5.51. The van der Waals surface area contributed by atoms with Crippen LogP contribution in [0, 0.1) is 35.8 Å². The molecule has 3 rings (SSSR count). The first-order valence-electron chi connectivity index (χ1n) is 11.2. The molecule has 1 heterocycles. The van der Waals surface area contributed by atoms with Crippen LogP contribution in [0.1, 0.15) is 47.1 Å². The van der Waals surface area contributed by atoms with E-state index in [1.165, 1.54) is 18.2 Å². The molecule has 1 saturated heterocycles. The molecule has 2 aromatic rings. The summed E-state index contributed by atoms with van der Waals surface area (Å²) in [6.07, 6.45) is -0.213. The van der Waals surface area contributed by atoms with Crippen LogP contribution in [0.4, 0.5) is 28.4 Å². The van der Waals surface area contributed by atoms with Crippen LogP contribution >= 0.6 is 0 Å². The van der Waals surface area contributed by atoms with E-state index in [4.69, 9.17) is 19.5 Å². The quantitative estimate of drug-likeness (QED) is 0.200. The highest BCUT2D eigenvalue weighted by atomic mass is 16.7. The Bertz CT molecular complexity index is 1240. The first kappa shape index (κ1) is 27.5. The number of ether oxygens (including phenoxy) is 1. The van der Waals surface area contributed by atoms with Crippen molar-refractivity contribution in [3.05, 3.63) is 66.2 Å². The molecule has 2 aromatic carbocycles. The Labute approximate surface area is 212 Å². The molecule has 0 saturated carbocycles. The van der Waals surface area contributed by atoms with Crippen molar-refractivity contribution in [2.24, 2.45) is 0 Å². The Morgan fingerprint density at radius 1 is 0.946 bits per heavy atom. The summed E-state index contributed by atoms with van der Waals surface area (Å²) in [6, 6.07) is 5.70. The molecule has 0 aliphatic carbocycles. The van der Waals surface area contributed by atoms with Crippen LogP contribution in [0.5, 0.6) is 5.75 Å². The summed E-state index contributed by atoms with van der Waals surface area (Å²) < 4.78 is 17.7. The second-order valence-corrected chi connectivity index (χ2v) is 9.63. The lowest BCUT2D eigenvalue weighted by molar-refractivity contribution is -0.401. The summed E-state index contributed by atoms with van der Waals surface area (Å²) in [5.41, 5.74) is -4.64. The van der Waals surface area contributed by atoms with Crippen molar-refractivity contribution in [2.75, 3.05) is 5.32 Å². The first-order chi connectivity index (χ1) is 17.0. The number of rotatable bonds is 9. The zero-order valence-corrected chi connectivity index (χ0v) is 21.1. The zero-order valence-electron chi connectivity index (χ0n) is 21.1. The Kier molecular flexibility index (Phi) is 7.24. The molecule has 1 fully saturated rings. The van der Waals surface area contributed by atoms with E-state index >= 15 is 0 Å². The van der Waals surface area contributed by atoms with Gasteiger partial charge in [0.1, 0.15) is 5.75 Å². The predicted molar refractivity (Wildman–Crippen MR) is 135 cm³/mol. The number of nitrogens with zero attached hydrogens (tertiary/aromatic N) is 3. The van der Waals surface area contributed by atoms with Crippen LogP contribution in [0.25, 0.3) is 0 Å². The molecule has 1 aliphatic rings. The predicted octanol–water partition coefficient (Wildman–Crippen LogP) is 4.94. The normalized spacial score (nSPS) is 15.9.